The number of ether oxygens (including phenoxy) is 1. The number of phenols is 1. The molecule has 1 aliphatic heterocycles. The predicted molar refractivity (Wildman–Crippen MR) is 114 cm³/mol. The first-order valence-corrected chi connectivity index (χ1v) is 9.01. The summed E-state index contributed by atoms with van der Waals surface area (Å²) in [6, 6.07) is 5.21. The lowest BCUT2D eigenvalue weighted by Crippen LogP contribution is -2.45. The minimum atomic E-state index is -4.17. The van der Waals surface area contributed by atoms with Crippen LogP contribution in [-0.2, 0) is 6.42 Å². The third-order valence-corrected chi connectivity index (χ3v) is 4.31. The van der Waals surface area contributed by atoms with Crippen molar-refractivity contribution < 1.29 is 23.0 Å². The average molecular weight is 516 g/mol. The summed E-state index contributed by atoms with van der Waals surface area (Å²) in [6.45, 7) is 2.86. The van der Waals surface area contributed by atoms with E-state index in [1.165, 1.54) is 12.0 Å². The van der Waals surface area contributed by atoms with Gasteiger partial charge in [-0.25, -0.2) is 0 Å². The Balaban J connectivity index is 0.00000392. The number of nitrogens with one attached hydrogen (secondary N) is 2. The molecule has 1 aliphatic rings. The van der Waals surface area contributed by atoms with E-state index in [0.717, 1.165) is 5.56 Å². The second-order valence-corrected chi connectivity index (χ2v) is 6.46. The number of para-hydroxylation sites is 1. The third-order valence-electron chi connectivity index (χ3n) is 4.31. The summed E-state index contributed by atoms with van der Waals surface area (Å²) >= 11 is 0. The zero-order valence-corrected chi connectivity index (χ0v) is 18.4. The molecular weight excluding hydrogens is 488 g/mol. The molecule has 2 rings (SSSR count). The smallest absolute Gasteiger partial charge is 0.401 e. The van der Waals surface area contributed by atoms with E-state index in [0.29, 0.717) is 50.7 Å². The fourth-order valence-electron chi connectivity index (χ4n) is 3.08. The topological polar surface area (TPSA) is 69.1 Å². The maximum Gasteiger partial charge on any atom is 0.401 e. The molecule has 6 nitrogen and oxygen atoms in total. The van der Waals surface area contributed by atoms with Crippen LogP contribution < -0.4 is 15.4 Å². The standard InChI is InChI=1S/C18H27F3N4O2.HI/c1-3-22-17(24-14-8-10-25(11-14)12-18(19,20)21)23-9-7-13-5-4-6-15(27-2)16(13)26;/h4-6,14,26H,3,7-12H2,1-2H3,(H2,22,23,24);1H. The molecule has 28 heavy (non-hydrogen) atoms. The quantitative estimate of drug-likeness (QED) is 0.296. The summed E-state index contributed by atoms with van der Waals surface area (Å²) in [5.74, 6) is 1.09. The van der Waals surface area contributed by atoms with Gasteiger partial charge in [-0.3, -0.25) is 9.89 Å². The van der Waals surface area contributed by atoms with Crippen LogP contribution in [-0.4, -0.2) is 68.0 Å². The minimum absolute atomic E-state index is 0. The Morgan fingerprint density at radius 2 is 2.14 bits per heavy atom. The molecule has 1 atom stereocenters. The van der Waals surface area contributed by atoms with Gasteiger partial charge in [0, 0.05) is 32.2 Å². The Morgan fingerprint density at radius 3 is 2.79 bits per heavy atom. The molecule has 1 unspecified atom stereocenters. The SMILES string of the molecule is CCNC(=NCCc1cccc(OC)c1O)NC1CCN(CC(F)(F)F)C1.I. The van der Waals surface area contributed by atoms with E-state index in [-0.39, 0.29) is 35.8 Å². The second-order valence-electron chi connectivity index (χ2n) is 6.46. The molecule has 160 valence electrons. The van der Waals surface area contributed by atoms with E-state index < -0.39 is 12.7 Å². The highest BCUT2D eigenvalue weighted by atomic mass is 127. The predicted octanol–water partition coefficient (Wildman–Crippen LogP) is 2.75. The Kier molecular flexibility index (Phi) is 10.1. The number of aromatic hydroxyl groups is 1. The first-order chi connectivity index (χ1) is 12.8. The number of halogens is 4. The van der Waals surface area contributed by atoms with Gasteiger partial charge in [-0.15, -0.1) is 24.0 Å². The fraction of sp³-hybridized carbons (Fsp3) is 0.611. The van der Waals surface area contributed by atoms with Crippen LogP contribution in [0.2, 0.25) is 0 Å². The highest BCUT2D eigenvalue weighted by Crippen LogP contribution is 2.29. The number of nitrogens with zero attached hydrogens (tertiary/aromatic N) is 2. The molecule has 1 fully saturated rings. The van der Waals surface area contributed by atoms with Gasteiger partial charge in [-0.2, -0.15) is 13.2 Å². The molecular formula is C18H28F3IN4O2. The van der Waals surface area contributed by atoms with Crippen molar-refractivity contribution in [3.05, 3.63) is 23.8 Å². The van der Waals surface area contributed by atoms with Crippen molar-refractivity contribution in [2.75, 3.05) is 39.8 Å². The molecule has 0 bridgehead atoms. The van der Waals surface area contributed by atoms with E-state index in [1.54, 1.807) is 18.2 Å². The van der Waals surface area contributed by atoms with Gasteiger partial charge in [0.2, 0.25) is 0 Å². The van der Waals surface area contributed by atoms with Crippen LogP contribution in [0.3, 0.4) is 0 Å². The van der Waals surface area contributed by atoms with Crippen molar-refractivity contribution in [1.29, 1.82) is 0 Å². The van der Waals surface area contributed by atoms with E-state index in [4.69, 9.17) is 4.74 Å². The van der Waals surface area contributed by atoms with Crippen molar-refractivity contribution in [3.63, 3.8) is 0 Å². The number of hydrogen-bond donors (Lipinski definition) is 3. The van der Waals surface area contributed by atoms with Gasteiger partial charge < -0.3 is 20.5 Å². The van der Waals surface area contributed by atoms with Gasteiger partial charge in [-0.05, 0) is 31.4 Å². The normalized spacial score (nSPS) is 17.9. The Labute approximate surface area is 180 Å². The van der Waals surface area contributed by atoms with E-state index in [9.17, 15) is 18.3 Å². The summed E-state index contributed by atoms with van der Waals surface area (Å²) in [5.41, 5.74) is 0.728. The molecule has 0 saturated carbocycles. The number of phenolic OH excluding ortho intramolecular Hbond substituents is 1. The van der Waals surface area contributed by atoms with Crippen molar-refractivity contribution >= 4 is 29.9 Å². The molecule has 1 aromatic carbocycles. The molecule has 0 radical (unpaired) electrons. The van der Waals surface area contributed by atoms with Gasteiger partial charge in [-0.1, -0.05) is 12.1 Å². The molecule has 3 N–H and O–H groups in total. The molecule has 1 saturated heterocycles. The van der Waals surface area contributed by atoms with E-state index in [2.05, 4.69) is 15.6 Å². The monoisotopic (exact) mass is 516 g/mol. The summed E-state index contributed by atoms with van der Waals surface area (Å²) < 4.78 is 42.6. The number of rotatable bonds is 7. The van der Waals surface area contributed by atoms with Crippen molar-refractivity contribution in [2.45, 2.75) is 32.0 Å². The molecule has 1 heterocycles. The first kappa shape index (κ1) is 24.6. The van der Waals surface area contributed by atoms with Gasteiger partial charge in [0.25, 0.3) is 0 Å². The van der Waals surface area contributed by atoms with Crippen molar-refractivity contribution in [2.24, 2.45) is 4.99 Å². The molecule has 0 spiro atoms. The van der Waals surface area contributed by atoms with Crippen LogP contribution in [0.15, 0.2) is 23.2 Å². The average Bonchev–Trinajstić information content (AvgIpc) is 3.01. The third kappa shape index (κ3) is 7.90. The van der Waals surface area contributed by atoms with Crippen molar-refractivity contribution in [3.8, 4) is 11.5 Å². The number of benzene rings is 1. The molecule has 0 aromatic heterocycles. The Bertz CT molecular complexity index is 644. The zero-order valence-electron chi connectivity index (χ0n) is 16.1. The number of methoxy groups -OCH3 is 1. The highest BCUT2D eigenvalue weighted by Gasteiger charge is 2.34. The lowest BCUT2D eigenvalue weighted by molar-refractivity contribution is -0.143. The number of guanidine groups is 1. The van der Waals surface area contributed by atoms with Crippen LogP contribution in [0, 0.1) is 0 Å². The molecule has 0 aliphatic carbocycles. The lowest BCUT2D eigenvalue weighted by atomic mass is 10.1. The summed E-state index contributed by atoms with van der Waals surface area (Å²) in [7, 11) is 1.49. The van der Waals surface area contributed by atoms with Gasteiger partial charge in [0.15, 0.2) is 17.5 Å². The maximum absolute atomic E-state index is 12.5. The Hall–Kier alpha value is -1.43. The van der Waals surface area contributed by atoms with Crippen LogP contribution in [0.1, 0.15) is 18.9 Å². The number of alkyl halides is 3. The second kappa shape index (κ2) is 11.5. The Morgan fingerprint density at radius 1 is 1.39 bits per heavy atom. The zero-order chi connectivity index (χ0) is 19.9. The highest BCUT2D eigenvalue weighted by molar-refractivity contribution is 14.0. The van der Waals surface area contributed by atoms with Crippen LogP contribution in [0.25, 0.3) is 0 Å². The van der Waals surface area contributed by atoms with E-state index in [1.807, 2.05) is 6.92 Å². The fourth-order valence-corrected chi connectivity index (χ4v) is 3.08. The van der Waals surface area contributed by atoms with Crippen molar-refractivity contribution in [1.82, 2.24) is 15.5 Å². The lowest BCUT2D eigenvalue weighted by Gasteiger charge is -2.19. The van der Waals surface area contributed by atoms with Gasteiger partial charge in [0.05, 0.1) is 13.7 Å². The van der Waals surface area contributed by atoms with Crippen LogP contribution in [0.4, 0.5) is 13.2 Å². The van der Waals surface area contributed by atoms with Crippen LogP contribution in [0.5, 0.6) is 11.5 Å². The largest absolute Gasteiger partial charge is 0.504 e. The minimum Gasteiger partial charge on any atom is -0.504 e. The molecule has 10 heteroatoms. The van der Waals surface area contributed by atoms with Crippen LogP contribution >= 0.6 is 24.0 Å². The number of aliphatic imine (C=N–C) groups is 1. The number of likely N-dealkylation sites (tertiary alicyclic amines) is 1. The first-order valence-electron chi connectivity index (χ1n) is 9.01. The maximum atomic E-state index is 12.5. The van der Waals surface area contributed by atoms with Gasteiger partial charge >= 0.3 is 6.18 Å². The summed E-state index contributed by atoms with van der Waals surface area (Å²) in [6.07, 6.45) is -3.02. The van der Waals surface area contributed by atoms with E-state index >= 15 is 0 Å². The number of hydrogen-bond acceptors (Lipinski definition) is 4. The summed E-state index contributed by atoms with van der Waals surface area (Å²) in [5, 5.41) is 16.4. The molecule has 1 aromatic rings. The molecule has 0 amide bonds. The van der Waals surface area contributed by atoms with Gasteiger partial charge in [0.1, 0.15) is 0 Å². The summed E-state index contributed by atoms with van der Waals surface area (Å²) in [4.78, 5) is 5.87.